The van der Waals surface area contributed by atoms with E-state index in [2.05, 4.69) is 10.6 Å². The number of benzene rings is 2. The number of aliphatic hydroxyl groups excluding tert-OH is 1. The summed E-state index contributed by atoms with van der Waals surface area (Å²) < 4.78 is 31.7. The number of urea groups is 1. The zero-order valence-corrected chi connectivity index (χ0v) is 13.9. The van der Waals surface area contributed by atoms with Gasteiger partial charge in [-0.25, -0.2) is 13.6 Å². The number of carbonyl (C=O) groups excluding carboxylic acids is 1. The van der Waals surface area contributed by atoms with Crippen LogP contribution >= 0.6 is 0 Å². The van der Waals surface area contributed by atoms with Gasteiger partial charge in [-0.2, -0.15) is 0 Å². The van der Waals surface area contributed by atoms with Crippen molar-refractivity contribution in [1.82, 2.24) is 10.6 Å². The fourth-order valence-electron chi connectivity index (χ4n) is 2.30. The minimum atomic E-state index is -1.03. The van der Waals surface area contributed by atoms with Crippen LogP contribution in [0.5, 0.6) is 5.75 Å². The number of hydrogen-bond donors (Lipinski definition) is 3. The average Bonchev–Trinajstić information content (AvgIpc) is 2.59. The molecule has 0 aromatic heterocycles. The molecule has 3 N–H and O–H groups in total. The van der Waals surface area contributed by atoms with Crippen molar-refractivity contribution in [1.29, 1.82) is 0 Å². The average molecular weight is 350 g/mol. The summed E-state index contributed by atoms with van der Waals surface area (Å²) >= 11 is 0. The fourth-order valence-corrected chi connectivity index (χ4v) is 2.30. The molecule has 2 atom stereocenters. The molecule has 0 saturated heterocycles. The van der Waals surface area contributed by atoms with E-state index < -0.39 is 29.8 Å². The first kappa shape index (κ1) is 18.7. The van der Waals surface area contributed by atoms with Crippen molar-refractivity contribution < 1.29 is 23.4 Å². The number of carbonyl (C=O) groups is 1. The van der Waals surface area contributed by atoms with Crippen LogP contribution in [0.4, 0.5) is 13.6 Å². The molecular weight excluding hydrogens is 330 g/mol. The Kier molecular flexibility index (Phi) is 6.30. The number of hydrogen-bond acceptors (Lipinski definition) is 3. The molecule has 0 radical (unpaired) electrons. The first-order chi connectivity index (χ1) is 11.9. The molecule has 2 aromatic carbocycles. The molecule has 2 aromatic rings. The van der Waals surface area contributed by atoms with Crippen LogP contribution in [0.25, 0.3) is 0 Å². The highest BCUT2D eigenvalue weighted by atomic mass is 19.1. The molecule has 0 spiro atoms. The Morgan fingerprint density at radius 2 is 1.96 bits per heavy atom. The first-order valence-electron chi connectivity index (χ1n) is 7.72. The second-order valence-corrected chi connectivity index (χ2v) is 5.54. The van der Waals surface area contributed by atoms with Crippen molar-refractivity contribution in [2.24, 2.45) is 0 Å². The summed E-state index contributed by atoms with van der Waals surface area (Å²) in [6.45, 7) is 1.61. The van der Waals surface area contributed by atoms with E-state index in [9.17, 15) is 18.7 Å². The smallest absolute Gasteiger partial charge is 0.315 e. The Hall–Kier alpha value is -2.67. The Morgan fingerprint density at radius 3 is 2.60 bits per heavy atom. The normalized spacial score (nSPS) is 13.0. The lowest BCUT2D eigenvalue weighted by Gasteiger charge is -2.17. The summed E-state index contributed by atoms with van der Waals surface area (Å²) in [5.74, 6) is -0.856. The maximum absolute atomic E-state index is 13.7. The minimum absolute atomic E-state index is 0.0843. The van der Waals surface area contributed by atoms with Crippen LogP contribution in [0.2, 0.25) is 0 Å². The van der Waals surface area contributed by atoms with Crippen molar-refractivity contribution in [3.05, 3.63) is 65.2 Å². The third kappa shape index (κ3) is 5.15. The molecule has 2 amide bonds. The fraction of sp³-hybridized carbons (Fsp3) is 0.278. The van der Waals surface area contributed by atoms with Gasteiger partial charge in [0.2, 0.25) is 0 Å². The van der Waals surface area contributed by atoms with Gasteiger partial charge in [0.1, 0.15) is 5.82 Å². The van der Waals surface area contributed by atoms with Crippen LogP contribution in [0, 0.1) is 11.6 Å². The van der Waals surface area contributed by atoms with E-state index in [0.29, 0.717) is 11.1 Å². The maximum atomic E-state index is 13.7. The van der Waals surface area contributed by atoms with Crippen molar-refractivity contribution in [3.8, 4) is 5.75 Å². The van der Waals surface area contributed by atoms with Crippen LogP contribution in [0.15, 0.2) is 42.5 Å². The van der Waals surface area contributed by atoms with Crippen molar-refractivity contribution >= 4 is 6.03 Å². The van der Waals surface area contributed by atoms with Gasteiger partial charge < -0.3 is 20.5 Å². The second-order valence-electron chi connectivity index (χ2n) is 5.54. The summed E-state index contributed by atoms with van der Waals surface area (Å²) in [4.78, 5) is 11.9. The summed E-state index contributed by atoms with van der Waals surface area (Å²) in [6.07, 6.45) is -1.03. The van der Waals surface area contributed by atoms with Gasteiger partial charge in [-0.15, -0.1) is 0 Å². The lowest BCUT2D eigenvalue weighted by Crippen LogP contribution is -2.39. The zero-order chi connectivity index (χ0) is 18.4. The molecule has 0 bridgehead atoms. The van der Waals surface area contributed by atoms with Crippen LogP contribution in [-0.2, 0) is 0 Å². The van der Waals surface area contributed by atoms with E-state index in [1.165, 1.54) is 37.4 Å². The standard InChI is InChI=1S/C18H20F2N2O3/c1-11(12-6-7-17(25-2)15(20)9-12)22-18(24)21-10-16(23)13-4-3-5-14(19)8-13/h3-9,11,16,23H,10H2,1-2H3,(H2,21,22,24)/t11-,16+/m0/s1. The van der Waals surface area contributed by atoms with E-state index in [1.54, 1.807) is 19.1 Å². The van der Waals surface area contributed by atoms with Gasteiger partial charge in [0.15, 0.2) is 11.6 Å². The molecule has 0 aliphatic rings. The highest BCUT2D eigenvalue weighted by Gasteiger charge is 2.14. The van der Waals surface area contributed by atoms with E-state index in [4.69, 9.17) is 4.74 Å². The third-order valence-electron chi connectivity index (χ3n) is 3.71. The molecule has 0 fully saturated rings. The Morgan fingerprint density at radius 1 is 1.20 bits per heavy atom. The van der Waals surface area contributed by atoms with E-state index in [1.807, 2.05) is 0 Å². The Bertz CT molecular complexity index is 740. The summed E-state index contributed by atoms with van der Waals surface area (Å²) in [6, 6.07) is 8.95. The highest BCUT2D eigenvalue weighted by molar-refractivity contribution is 5.74. The SMILES string of the molecule is COc1ccc([C@H](C)NC(=O)NC[C@@H](O)c2cccc(F)c2)cc1F. The number of methoxy groups -OCH3 is 1. The predicted octanol–water partition coefficient (Wildman–Crippen LogP) is 3.07. The molecular formula is C18H20F2N2O3. The lowest BCUT2D eigenvalue weighted by molar-refractivity contribution is 0.172. The van der Waals surface area contributed by atoms with Crippen molar-refractivity contribution in [3.63, 3.8) is 0 Å². The van der Waals surface area contributed by atoms with Crippen LogP contribution < -0.4 is 15.4 Å². The molecule has 7 heteroatoms. The van der Waals surface area contributed by atoms with E-state index in [-0.39, 0.29) is 12.3 Å². The number of nitrogens with one attached hydrogen (secondary N) is 2. The lowest BCUT2D eigenvalue weighted by atomic mass is 10.1. The molecule has 0 aliphatic heterocycles. The van der Waals surface area contributed by atoms with Gasteiger partial charge in [-0.3, -0.25) is 0 Å². The first-order valence-corrected chi connectivity index (χ1v) is 7.72. The summed E-state index contributed by atoms with van der Waals surface area (Å²) in [5.41, 5.74) is 0.935. The minimum Gasteiger partial charge on any atom is -0.494 e. The monoisotopic (exact) mass is 350 g/mol. The van der Waals surface area contributed by atoms with Crippen molar-refractivity contribution in [2.75, 3.05) is 13.7 Å². The molecule has 25 heavy (non-hydrogen) atoms. The Balaban J connectivity index is 1.88. The Labute approximate surface area is 144 Å². The number of halogens is 2. The van der Waals surface area contributed by atoms with Crippen molar-refractivity contribution in [2.45, 2.75) is 19.1 Å². The molecule has 2 rings (SSSR count). The maximum Gasteiger partial charge on any atom is 0.315 e. The summed E-state index contributed by atoms with van der Waals surface area (Å²) in [7, 11) is 1.37. The van der Waals surface area contributed by atoms with Gasteiger partial charge in [0.05, 0.1) is 19.3 Å². The molecule has 5 nitrogen and oxygen atoms in total. The van der Waals surface area contributed by atoms with E-state index in [0.717, 1.165) is 0 Å². The third-order valence-corrected chi connectivity index (χ3v) is 3.71. The number of aliphatic hydroxyl groups is 1. The van der Waals surface area contributed by atoms with Crippen LogP contribution in [0.3, 0.4) is 0 Å². The summed E-state index contributed by atoms with van der Waals surface area (Å²) in [5, 5.41) is 15.1. The second kappa shape index (κ2) is 8.43. The van der Waals surface area contributed by atoms with Gasteiger partial charge in [0.25, 0.3) is 0 Å². The molecule has 0 saturated carbocycles. The highest BCUT2D eigenvalue weighted by Crippen LogP contribution is 2.21. The topological polar surface area (TPSA) is 70.6 Å². The molecule has 0 aliphatic carbocycles. The van der Waals surface area contributed by atoms with Crippen LogP contribution in [-0.4, -0.2) is 24.8 Å². The predicted molar refractivity (Wildman–Crippen MR) is 89.3 cm³/mol. The molecule has 0 unspecified atom stereocenters. The molecule has 0 heterocycles. The molecule has 134 valence electrons. The van der Waals surface area contributed by atoms with Gasteiger partial charge in [-0.05, 0) is 42.3 Å². The number of amides is 2. The van der Waals surface area contributed by atoms with E-state index >= 15 is 0 Å². The largest absolute Gasteiger partial charge is 0.494 e. The van der Waals surface area contributed by atoms with Crippen LogP contribution in [0.1, 0.15) is 30.2 Å². The number of rotatable bonds is 6. The zero-order valence-electron chi connectivity index (χ0n) is 13.9. The quantitative estimate of drug-likeness (QED) is 0.750. The number of ether oxygens (including phenoxy) is 1. The van der Waals surface area contributed by atoms with Gasteiger partial charge >= 0.3 is 6.03 Å². The van der Waals surface area contributed by atoms with Gasteiger partial charge in [0, 0.05) is 6.54 Å². The van der Waals surface area contributed by atoms with Gasteiger partial charge in [-0.1, -0.05) is 18.2 Å².